The molecule has 2 heterocycles. The summed E-state index contributed by atoms with van der Waals surface area (Å²) in [4.78, 5) is 19.4. The third-order valence-corrected chi connectivity index (χ3v) is 2.15. The van der Waals surface area contributed by atoms with Crippen LogP contribution in [-0.2, 0) is 13.1 Å². The summed E-state index contributed by atoms with van der Waals surface area (Å²) in [7, 11) is 0. The molecule has 6 nitrogen and oxygen atoms in total. The van der Waals surface area contributed by atoms with Crippen LogP contribution >= 0.6 is 0 Å². The molecule has 0 aromatic carbocycles. The van der Waals surface area contributed by atoms with Gasteiger partial charge in [0.25, 0.3) is 5.91 Å². The van der Waals surface area contributed by atoms with Gasteiger partial charge in [-0.1, -0.05) is 0 Å². The summed E-state index contributed by atoms with van der Waals surface area (Å²) >= 11 is 0. The van der Waals surface area contributed by atoms with Crippen molar-refractivity contribution >= 4 is 5.91 Å². The molecule has 88 valence electrons. The number of rotatable bonds is 4. The first-order chi connectivity index (χ1) is 8.29. The van der Waals surface area contributed by atoms with Gasteiger partial charge >= 0.3 is 0 Å². The Morgan fingerprint density at radius 2 is 2.18 bits per heavy atom. The molecule has 6 heteroatoms. The van der Waals surface area contributed by atoms with Gasteiger partial charge in [-0.25, -0.2) is 4.98 Å². The second-order valence-corrected chi connectivity index (χ2v) is 3.36. The highest BCUT2D eigenvalue weighted by atomic mass is 16.4. The standard InChI is InChI=1S/C11H12N4O2/c12-5-10-14-7-9(17-10)11(16)15-6-8-1-3-13-4-2-8/h1-4,7H,5-6,12H2,(H,15,16). The quantitative estimate of drug-likeness (QED) is 0.798. The summed E-state index contributed by atoms with van der Waals surface area (Å²) in [5, 5.41) is 2.71. The van der Waals surface area contributed by atoms with Crippen molar-refractivity contribution in [2.24, 2.45) is 5.73 Å². The van der Waals surface area contributed by atoms with E-state index in [2.05, 4.69) is 15.3 Å². The first-order valence-corrected chi connectivity index (χ1v) is 5.11. The van der Waals surface area contributed by atoms with Crippen LogP contribution in [-0.4, -0.2) is 15.9 Å². The van der Waals surface area contributed by atoms with E-state index < -0.39 is 0 Å². The Labute approximate surface area is 97.9 Å². The maximum absolute atomic E-state index is 11.6. The summed E-state index contributed by atoms with van der Waals surface area (Å²) in [5.74, 6) is 0.201. The minimum absolute atomic E-state index is 0.166. The van der Waals surface area contributed by atoms with Crippen LogP contribution in [0, 0.1) is 0 Å². The van der Waals surface area contributed by atoms with Crippen molar-refractivity contribution in [3.05, 3.63) is 47.9 Å². The van der Waals surface area contributed by atoms with Gasteiger partial charge in [-0.3, -0.25) is 9.78 Å². The Morgan fingerprint density at radius 3 is 2.82 bits per heavy atom. The number of hydrogen-bond acceptors (Lipinski definition) is 5. The number of amides is 1. The second kappa shape index (κ2) is 5.22. The van der Waals surface area contributed by atoms with Crippen molar-refractivity contribution in [2.75, 3.05) is 0 Å². The molecule has 2 aromatic rings. The first-order valence-electron chi connectivity index (χ1n) is 5.11. The topological polar surface area (TPSA) is 94.0 Å². The van der Waals surface area contributed by atoms with Gasteiger partial charge in [0.2, 0.25) is 11.7 Å². The molecular weight excluding hydrogens is 220 g/mol. The molecule has 0 unspecified atom stereocenters. The number of nitrogens with one attached hydrogen (secondary N) is 1. The molecule has 0 radical (unpaired) electrons. The van der Waals surface area contributed by atoms with Gasteiger partial charge < -0.3 is 15.5 Å². The third kappa shape index (κ3) is 2.88. The molecular formula is C11H12N4O2. The molecule has 0 saturated carbocycles. The van der Waals surface area contributed by atoms with Crippen LogP contribution < -0.4 is 11.1 Å². The van der Waals surface area contributed by atoms with Crippen LogP contribution in [0.1, 0.15) is 22.0 Å². The van der Waals surface area contributed by atoms with E-state index in [1.165, 1.54) is 6.20 Å². The van der Waals surface area contributed by atoms with Crippen LogP contribution in [0.2, 0.25) is 0 Å². The van der Waals surface area contributed by atoms with E-state index >= 15 is 0 Å². The van der Waals surface area contributed by atoms with Crippen LogP contribution in [0.4, 0.5) is 0 Å². The molecule has 0 atom stereocenters. The average Bonchev–Trinajstić information content (AvgIpc) is 2.86. The molecule has 3 N–H and O–H groups in total. The minimum Gasteiger partial charge on any atom is -0.434 e. The Morgan fingerprint density at radius 1 is 1.41 bits per heavy atom. The second-order valence-electron chi connectivity index (χ2n) is 3.36. The molecule has 17 heavy (non-hydrogen) atoms. The van der Waals surface area contributed by atoms with E-state index in [1.54, 1.807) is 12.4 Å². The number of nitrogens with two attached hydrogens (primary N) is 1. The number of hydrogen-bond donors (Lipinski definition) is 2. The summed E-state index contributed by atoms with van der Waals surface area (Å²) in [6.07, 6.45) is 4.70. The zero-order valence-corrected chi connectivity index (χ0v) is 9.09. The Kier molecular flexibility index (Phi) is 3.46. The fourth-order valence-corrected chi connectivity index (χ4v) is 1.28. The smallest absolute Gasteiger partial charge is 0.288 e. The molecule has 2 aromatic heterocycles. The van der Waals surface area contributed by atoms with E-state index in [-0.39, 0.29) is 18.2 Å². The highest BCUT2D eigenvalue weighted by Crippen LogP contribution is 2.03. The third-order valence-electron chi connectivity index (χ3n) is 2.15. The van der Waals surface area contributed by atoms with Crippen molar-refractivity contribution in [3.63, 3.8) is 0 Å². The minimum atomic E-state index is -0.311. The normalized spacial score (nSPS) is 10.2. The zero-order chi connectivity index (χ0) is 12.1. The van der Waals surface area contributed by atoms with Crippen molar-refractivity contribution in [1.29, 1.82) is 0 Å². The summed E-state index contributed by atoms with van der Waals surface area (Å²) in [6.45, 7) is 0.595. The monoisotopic (exact) mass is 232 g/mol. The number of oxazole rings is 1. The lowest BCUT2D eigenvalue weighted by atomic mass is 10.3. The number of carbonyl (C=O) groups is 1. The van der Waals surface area contributed by atoms with Crippen molar-refractivity contribution < 1.29 is 9.21 Å². The number of aromatic nitrogens is 2. The summed E-state index contributed by atoms with van der Waals surface area (Å²) < 4.78 is 5.12. The van der Waals surface area contributed by atoms with Gasteiger partial charge in [-0.2, -0.15) is 0 Å². The zero-order valence-electron chi connectivity index (χ0n) is 9.09. The Balaban J connectivity index is 1.93. The lowest BCUT2D eigenvalue weighted by Crippen LogP contribution is -2.22. The number of carbonyl (C=O) groups excluding carboxylic acids is 1. The van der Waals surface area contributed by atoms with Crippen molar-refractivity contribution in [2.45, 2.75) is 13.1 Å². The predicted molar refractivity (Wildman–Crippen MR) is 59.8 cm³/mol. The van der Waals surface area contributed by atoms with Gasteiger partial charge in [0.1, 0.15) is 0 Å². The fraction of sp³-hybridized carbons (Fsp3) is 0.182. The predicted octanol–water partition coefficient (Wildman–Crippen LogP) is 0.458. The molecule has 0 aliphatic heterocycles. The van der Waals surface area contributed by atoms with Gasteiger partial charge in [0.05, 0.1) is 12.7 Å². The largest absolute Gasteiger partial charge is 0.434 e. The van der Waals surface area contributed by atoms with Gasteiger partial charge in [0, 0.05) is 18.9 Å². The molecule has 0 bridgehead atoms. The van der Waals surface area contributed by atoms with Gasteiger partial charge in [0.15, 0.2) is 0 Å². The highest BCUT2D eigenvalue weighted by molar-refractivity contribution is 5.91. The number of nitrogens with zero attached hydrogens (tertiary/aromatic N) is 2. The van der Waals surface area contributed by atoms with Gasteiger partial charge in [-0.15, -0.1) is 0 Å². The molecule has 0 aliphatic rings. The van der Waals surface area contributed by atoms with E-state index in [9.17, 15) is 4.79 Å². The average molecular weight is 232 g/mol. The Bertz CT molecular complexity index is 495. The van der Waals surface area contributed by atoms with Crippen molar-refractivity contribution in [1.82, 2.24) is 15.3 Å². The molecule has 2 rings (SSSR count). The van der Waals surface area contributed by atoms with Crippen LogP contribution in [0.3, 0.4) is 0 Å². The molecule has 0 spiro atoms. The van der Waals surface area contributed by atoms with E-state index in [4.69, 9.17) is 10.2 Å². The van der Waals surface area contributed by atoms with Crippen LogP contribution in [0.25, 0.3) is 0 Å². The van der Waals surface area contributed by atoms with Crippen LogP contribution in [0.15, 0.2) is 35.1 Å². The van der Waals surface area contributed by atoms with Gasteiger partial charge in [-0.05, 0) is 17.7 Å². The Hall–Kier alpha value is -2.21. The van der Waals surface area contributed by atoms with E-state index in [0.29, 0.717) is 12.4 Å². The van der Waals surface area contributed by atoms with E-state index in [1.807, 2.05) is 12.1 Å². The molecule has 0 aliphatic carbocycles. The maximum Gasteiger partial charge on any atom is 0.288 e. The highest BCUT2D eigenvalue weighted by Gasteiger charge is 2.11. The lowest BCUT2D eigenvalue weighted by Gasteiger charge is -2.02. The molecule has 0 fully saturated rings. The summed E-state index contributed by atoms with van der Waals surface area (Å²) in [6, 6.07) is 3.65. The summed E-state index contributed by atoms with van der Waals surface area (Å²) in [5.41, 5.74) is 6.30. The fourth-order valence-electron chi connectivity index (χ4n) is 1.28. The van der Waals surface area contributed by atoms with Crippen molar-refractivity contribution in [3.8, 4) is 0 Å². The molecule has 0 saturated heterocycles. The first kappa shape index (κ1) is 11.3. The van der Waals surface area contributed by atoms with E-state index in [0.717, 1.165) is 5.56 Å². The maximum atomic E-state index is 11.6. The number of pyridine rings is 1. The SMILES string of the molecule is NCc1ncc(C(=O)NCc2ccncc2)o1. The van der Waals surface area contributed by atoms with Crippen LogP contribution in [0.5, 0.6) is 0 Å². The lowest BCUT2D eigenvalue weighted by molar-refractivity contribution is 0.0921. The molecule has 1 amide bonds.